The minimum atomic E-state index is -0.885. The molecule has 1 unspecified atom stereocenters. The van der Waals surface area contributed by atoms with E-state index in [1.54, 1.807) is 19.1 Å². The Morgan fingerprint density at radius 1 is 1.69 bits per heavy atom. The van der Waals surface area contributed by atoms with Crippen molar-refractivity contribution in [2.24, 2.45) is 0 Å². The fraction of sp³-hybridized carbons (Fsp3) is 0.500. The number of pyridine rings is 1. The van der Waals surface area contributed by atoms with Gasteiger partial charge in [0, 0.05) is 6.54 Å². The third kappa shape index (κ3) is 3.16. The van der Waals surface area contributed by atoms with Crippen LogP contribution >= 0.6 is 0 Å². The molecule has 0 spiro atoms. The minimum absolute atomic E-state index is 0.227. The number of rotatable bonds is 5. The van der Waals surface area contributed by atoms with E-state index in [2.05, 4.69) is 10.3 Å². The first-order valence-electron chi connectivity index (χ1n) is 5.02. The quantitative estimate of drug-likeness (QED) is 0.586. The van der Waals surface area contributed by atoms with Crippen molar-refractivity contribution >= 4 is 11.5 Å². The van der Waals surface area contributed by atoms with E-state index in [0.29, 0.717) is 12.1 Å². The Kier molecular flexibility index (Phi) is 3.78. The second-order valence-electron chi connectivity index (χ2n) is 3.84. The van der Waals surface area contributed by atoms with Gasteiger partial charge in [-0.3, -0.25) is 0 Å². The monoisotopic (exact) mass is 225 g/mol. The summed E-state index contributed by atoms with van der Waals surface area (Å²) in [6.45, 7) is 3.76. The number of aromatic nitrogens is 1. The molecule has 1 rings (SSSR count). The van der Waals surface area contributed by atoms with Crippen LogP contribution in [0, 0.1) is 10.1 Å². The van der Waals surface area contributed by atoms with Gasteiger partial charge >= 0.3 is 5.82 Å². The molecule has 1 atom stereocenters. The summed E-state index contributed by atoms with van der Waals surface area (Å²) in [7, 11) is 0. The van der Waals surface area contributed by atoms with Crippen molar-refractivity contribution in [3.05, 3.63) is 28.4 Å². The van der Waals surface area contributed by atoms with Gasteiger partial charge in [0.25, 0.3) is 0 Å². The van der Waals surface area contributed by atoms with E-state index in [9.17, 15) is 15.2 Å². The Morgan fingerprint density at radius 2 is 2.38 bits per heavy atom. The van der Waals surface area contributed by atoms with E-state index in [1.165, 1.54) is 6.20 Å². The van der Waals surface area contributed by atoms with Gasteiger partial charge in [-0.05, 0) is 35.4 Å². The molecule has 88 valence electrons. The zero-order valence-electron chi connectivity index (χ0n) is 9.30. The highest BCUT2D eigenvalue weighted by Gasteiger charge is 2.20. The third-order valence-corrected chi connectivity index (χ3v) is 2.38. The van der Waals surface area contributed by atoms with Gasteiger partial charge in [0.15, 0.2) is 0 Å². The van der Waals surface area contributed by atoms with Crippen LogP contribution in [0.1, 0.15) is 20.3 Å². The molecule has 0 aromatic carbocycles. The van der Waals surface area contributed by atoms with E-state index in [1.807, 2.05) is 6.92 Å². The maximum atomic E-state index is 10.7. The summed E-state index contributed by atoms with van der Waals surface area (Å²) >= 11 is 0. The fourth-order valence-corrected chi connectivity index (χ4v) is 1.09. The van der Waals surface area contributed by atoms with E-state index in [4.69, 9.17) is 0 Å². The van der Waals surface area contributed by atoms with E-state index < -0.39 is 10.5 Å². The number of nitrogens with zero attached hydrogens (tertiary/aromatic N) is 2. The molecule has 0 fully saturated rings. The lowest BCUT2D eigenvalue weighted by Crippen LogP contribution is -2.32. The topological polar surface area (TPSA) is 88.3 Å². The van der Waals surface area contributed by atoms with Gasteiger partial charge in [0.1, 0.15) is 11.9 Å². The molecule has 1 heterocycles. The van der Waals surface area contributed by atoms with Crippen LogP contribution in [0.3, 0.4) is 0 Å². The number of aliphatic hydroxyl groups is 1. The second-order valence-corrected chi connectivity index (χ2v) is 3.84. The van der Waals surface area contributed by atoms with Gasteiger partial charge < -0.3 is 20.5 Å². The van der Waals surface area contributed by atoms with Crippen LogP contribution in [0.25, 0.3) is 0 Å². The highest BCUT2D eigenvalue weighted by atomic mass is 16.6. The van der Waals surface area contributed by atoms with Crippen LogP contribution < -0.4 is 5.32 Å². The Bertz CT molecular complexity index is 379. The molecular weight excluding hydrogens is 210 g/mol. The molecule has 6 heteroatoms. The Morgan fingerprint density at radius 3 is 2.94 bits per heavy atom. The molecule has 0 aliphatic heterocycles. The van der Waals surface area contributed by atoms with Gasteiger partial charge in [-0.15, -0.1) is 0 Å². The van der Waals surface area contributed by atoms with Crippen LogP contribution in [0.15, 0.2) is 18.3 Å². The van der Waals surface area contributed by atoms with Gasteiger partial charge in [0.05, 0.1) is 5.60 Å². The number of nitrogens with one attached hydrogen (secondary N) is 1. The fourth-order valence-electron chi connectivity index (χ4n) is 1.09. The van der Waals surface area contributed by atoms with Crippen LogP contribution in [-0.2, 0) is 0 Å². The summed E-state index contributed by atoms with van der Waals surface area (Å²) in [5.41, 5.74) is -0.565. The van der Waals surface area contributed by atoms with Crippen molar-refractivity contribution in [2.45, 2.75) is 25.9 Å². The van der Waals surface area contributed by atoms with Crippen LogP contribution in [0.4, 0.5) is 11.5 Å². The van der Waals surface area contributed by atoms with Gasteiger partial charge in [-0.2, -0.15) is 0 Å². The number of nitro groups is 1. The summed E-state index contributed by atoms with van der Waals surface area (Å²) in [5, 5.41) is 23.2. The molecule has 0 radical (unpaired) electrons. The molecule has 0 bridgehead atoms. The second kappa shape index (κ2) is 4.89. The Labute approximate surface area is 93.5 Å². The summed E-state index contributed by atoms with van der Waals surface area (Å²) < 4.78 is 0. The predicted molar refractivity (Wildman–Crippen MR) is 60.3 cm³/mol. The van der Waals surface area contributed by atoms with Gasteiger partial charge in [0.2, 0.25) is 0 Å². The first kappa shape index (κ1) is 12.4. The maximum absolute atomic E-state index is 10.7. The zero-order valence-corrected chi connectivity index (χ0v) is 9.30. The highest BCUT2D eigenvalue weighted by molar-refractivity contribution is 5.56. The standard InChI is InChI=1S/C10H15N3O3/c1-3-10(2,14)7-12-8-5-4-6-11-9(8)13(15)16/h4-6,12,14H,3,7H2,1-2H3. The molecule has 0 saturated heterocycles. The van der Waals surface area contributed by atoms with Crippen molar-refractivity contribution in [3.63, 3.8) is 0 Å². The normalized spacial score (nSPS) is 14.2. The van der Waals surface area contributed by atoms with Crippen LogP contribution in [0.2, 0.25) is 0 Å². The van der Waals surface area contributed by atoms with Crippen molar-refractivity contribution in [2.75, 3.05) is 11.9 Å². The molecule has 0 saturated carbocycles. The lowest BCUT2D eigenvalue weighted by molar-refractivity contribution is -0.388. The largest absolute Gasteiger partial charge is 0.388 e. The molecule has 1 aromatic rings. The van der Waals surface area contributed by atoms with Crippen LogP contribution in [-0.4, -0.2) is 27.2 Å². The average Bonchev–Trinajstić information content (AvgIpc) is 2.27. The Balaban J connectivity index is 2.78. The van der Waals surface area contributed by atoms with E-state index in [-0.39, 0.29) is 12.4 Å². The number of anilines is 1. The summed E-state index contributed by atoms with van der Waals surface area (Å²) in [5.74, 6) is -0.227. The van der Waals surface area contributed by atoms with Crippen LogP contribution in [0.5, 0.6) is 0 Å². The maximum Gasteiger partial charge on any atom is 0.386 e. The first-order valence-corrected chi connectivity index (χ1v) is 5.02. The van der Waals surface area contributed by atoms with Crippen molar-refractivity contribution < 1.29 is 10.0 Å². The smallest absolute Gasteiger partial charge is 0.386 e. The molecular formula is C10H15N3O3. The Hall–Kier alpha value is -1.69. The van der Waals surface area contributed by atoms with Crippen molar-refractivity contribution in [3.8, 4) is 0 Å². The summed E-state index contributed by atoms with van der Waals surface area (Å²) in [4.78, 5) is 13.8. The average molecular weight is 225 g/mol. The number of hydrogen-bond donors (Lipinski definition) is 2. The van der Waals surface area contributed by atoms with Gasteiger partial charge in [-0.25, -0.2) is 0 Å². The molecule has 0 aliphatic rings. The molecule has 6 nitrogen and oxygen atoms in total. The summed E-state index contributed by atoms with van der Waals surface area (Å²) in [6, 6.07) is 3.17. The minimum Gasteiger partial charge on any atom is -0.388 e. The molecule has 0 aliphatic carbocycles. The molecule has 1 aromatic heterocycles. The lowest BCUT2D eigenvalue weighted by atomic mass is 10.0. The molecule has 2 N–H and O–H groups in total. The first-order chi connectivity index (χ1) is 7.46. The van der Waals surface area contributed by atoms with Crippen molar-refractivity contribution in [1.82, 2.24) is 4.98 Å². The van der Waals surface area contributed by atoms with Gasteiger partial charge in [-0.1, -0.05) is 6.92 Å². The molecule has 16 heavy (non-hydrogen) atoms. The number of hydrogen-bond acceptors (Lipinski definition) is 5. The third-order valence-electron chi connectivity index (χ3n) is 2.38. The highest BCUT2D eigenvalue weighted by Crippen LogP contribution is 2.21. The van der Waals surface area contributed by atoms with E-state index >= 15 is 0 Å². The molecule has 0 amide bonds. The summed E-state index contributed by atoms with van der Waals surface area (Å²) in [6.07, 6.45) is 1.93. The lowest BCUT2D eigenvalue weighted by Gasteiger charge is -2.21. The predicted octanol–water partition coefficient (Wildman–Crippen LogP) is 1.56. The SMILES string of the molecule is CCC(C)(O)CNc1cccnc1[N+](=O)[O-]. The van der Waals surface area contributed by atoms with Crippen molar-refractivity contribution in [1.29, 1.82) is 0 Å². The zero-order chi connectivity index (χ0) is 12.2. The van der Waals surface area contributed by atoms with E-state index in [0.717, 1.165) is 0 Å².